The summed E-state index contributed by atoms with van der Waals surface area (Å²) in [6, 6.07) is 4.84. The first-order valence-electron chi connectivity index (χ1n) is 7.94. The third-order valence-corrected chi connectivity index (χ3v) is 4.04. The summed E-state index contributed by atoms with van der Waals surface area (Å²) in [6.45, 7) is 4.62. The predicted molar refractivity (Wildman–Crippen MR) is 93.9 cm³/mol. The van der Waals surface area contributed by atoms with Crippen LogP contribution >= 0.6 is 0 Å². The Kier molecular flexibility index (Phi) is 5.74. The van der Waals surface area contributed by atoms with E-state index in [0.717, 1.165) is 0 Å². The van der Waals surface area contributed by atoms with Gasteiger partial charge in [0.15, 0.2) is 6.10 Å². The fourth-order valence-electron chi connectivity index (χ4n) is 2.61. The Morgan fingerprint density at radius 2 is 1.70 bits per heavy atom. The van der Waals surface area contributed by atoms with Crippen LogP contribution < -0.4 is 0 Å². The molecule has 1 atom stereocenters. The van der Waals surface area contributed by atoms with Crippen molar-refractivity contribution >= 4 is 23.4 Å². The van der Waals surface area contributed by atoms with Gasteiger partial charge in [0.05, 0.1) is 28.9 Å². The first-order valence-corrected chi connectivity index (χ1v) is 7.94. The number of carbonyl (C=O) groups is 3. The fourth-order valence-corrected chi connectivity index (χ4v) is 2.61. The second-order valence-electron chi connectivity index (χ2n) is 5.83. The maximum Gasteiger partial charge on any atom is 0.339 e. The van der Waals surface area contributed by atoms with Gasteiger partial charge < -0.3 is 14.5 Å². The largest absolute Gasteiger partial charge is 0.465 e. The number of nitro benzene ring substituents is 1. The second kappa shape index (κ2) is 7.81. The fraction of sp³-hybridized carbons (Fsp3) is 0.278. The Balaban J connectivity index is 2.17. The molecule has 1 aromatic carbocycles. The van der Waals surface area contributed by atoms with E-state index in [9.17, 15) is 24.5 Å². The van der Waals surface area contributed by atoms with E-state index in [0.29, 0.717) is 11.3 Å². The van der Waals surface area contributed by atoms with Crippen molar-refractivity contribution in [2.75, 3.05) is 7.11 Å². The number of aromatic nitrogens is 1. The number of ketones is 1. The van der Waals surface area contributed by atoms with E-state index >= 15 is 0 Å². The summed E-state index contributed by atoms with van der Waals surface area (Å²) in [5.41, 5.74) is 1.20. The molecule has 2 aromatic rings. The molecule has 0 aliphatic heterocycles. The van der Waals surface area contributed by atoms with Gasteiger partial charge in [-0.15, -0.1) is 0 Å². The van der Waals surface area contributed by atoms with Gasteiger partial charge in [0.25, 0.3) is 5.69 Å². The van der Waals surface area contributed by atoms with E-state index in [1.165, 1.54) is 38.3 Å². The lowest BCUT2D eigenvalue weighted by Crippen LogP contribution is -2.25. The highest BCUT2D eigenvalue weighted by Crippen LogP contribution is 2.21. The molecule has 2 rings (SSSR count). The number of Topliss-reactive ketones (excluding diaryl/α,β-unsaturated/α-hetero) is 1. The standard InChI is InChI=1S/C18H18N2O7/c1-9-14(18(23)26-4)10(2)19-15(9)16(21)11(3)27-17(22)12-5-7-13(8-6-12)20(24)25/h5-8,11,19H,1-4H3. The molecule has 0 bridgehead atoms. The number of hydrogen-bond donors (Lipinski definition) is 1. The van der Waals surface area contributed by atoms with Crippen LogP contribution in [0.25, 0.3) is 0 Å². The van der Waals surface area contributed by atoms with Gasteiger partial charge in [0.1, 0.15) is 0 Å². The van der Waals surface area contributed by atoms with Crippen molar-refractivity contribution in [3.63, 3.8) is 0 Å². The number of H-pyrrole nitrogens is 1. The minimum atomic E-state index is -1.13. The third kappa shape index (κ3) is 4.02. The zero-order valence-corrected chi connectivity index (χ0v) is 15.2. The van der Waals surface area contributed by atoms with E-state index in [-0.39, 0.29) is 22.5 Å². The molecule has 0 amide bonds. The number of nitro groups is 1. The Morgan fingerprint density at radius 1 is 1.11 bits per heavy atom. The van der Waals surface area contributed by atoms with Crippen molar-refractivity contribution in [1.82, 2.24) is 4.98 Å². The van der Waals surface area contributed by atoms with Crippen LogP contribution in [0.3, 0.4) is 0 Å². The average Bonchev–Trinajstić information content (AvgIpc) is 2.94. The van der Waals surface area contributed by atoms with Crippen LogP contribution in [0, 0.1) is 24.0 Å². The normalized spacial score (nSPS) is 11.6. The van der Waals surface area contributed by atoms with Crippen LogP contribution in [0.15, 0.2) is 24.3 Å². The molecule has 0 fully saturated rings. The van der Waals surface area contributed by atoms with Crippen LogP contribution in [0.2, 0.25) is 0 Å². The monoisotopic (exact) mass is 374 g/mol. The summed E-state index contributed by atoms with van der Waals surface area (Å²) in [6.07, 6.45) is -1.13. The summed E-state index contributed by atoms with van der Waals surface area (Å²) in [5.74, 6) is -1.88. The van der Waals surface area contributed by atoms with Crippen LogP contribution in [0.4, 0.5) is 5.69 Å². The second-order valence-corrected chi connectivity index (χ2v) is 5.83. The first-order chi connectivity index (χ1) is 12.7. The molecule has 0 saturated heterocycles. The maximum atomic E-state index is 12.6. The van der Waals surface area contributed by atoms with Gasteiger partial charge >= 0.3 is 11.9 Å². The number of hydrogen-bond acceptors (Lipinski definition) is 7. The molecule has 0 saturated carbocycles. The summed E-state index contributed by atoms with van der Waals surface area (Å²) < 4.78 is 9.85. The maximum absolute atomic E-state index is 12.6. The molecule has 1 heterocycles. The SMILES string of the molecule is COC(=O)c1c(C)[nH]c(C(=O)C(C)OC(=O)c2ccc([N+](=O)[O-])cc2)c1C. The summed E-state index contributed by atoms with van der Waals surface area (Å²) in [7, 11) is 1.24. The number of benzene rings is 1. The molecule has 0 radical (unpaired) electrons. The number of aryl methyl sites for hydroxylation is 1. The number of nitrogens with one attached hydrogen (secondary N) is 1. The van der Waals surface area contributed by atoms with Crippen molar-refractivity contribution in [3.05, 3.63) is 62.5 Å². The van der Waals surface area contributed by atoms with Crippen LogP contribution in [0.1, 0.15) is 49.4 Å². The number of non-ortho nitro benzene ring substituents is 1. The van der Waals surface area contributed by atoms with Crippen molar-refractivity contribution in [2.24, 2.45) is 0 Å². The van der Waals surface area contributed by atoms with Crippen molar-refractivity contribution in [1.29, 1.82) is 0 Å². The molecule has 1 aromatic heterocycles. The summed E-state index contributed by atoms with van der Waals surface area (Å²) >= 11 is 0. The van der Waals surface area contributed by atoms with E-state index in [1.54, 1.807) is 13.8 Å². The lowest BCUT2D eigenvalue weighted by Gasteiger charge is -2.12. The molecule has 0 aliphatic rings. The Hall–Kier alpha value is -3.49. The molecule has 142 valence electrons. The highest BCUT2D eigenvalue weighted by atomic mass is 16.6. The van der Waals surface area contributed by atoms with E-state index < -0.39 is 28.7 Å². The van der Waals surface area contributed by atoms with E-state index in [4.69, 9.17) is 9.47 Å². The lowest BCUT2D eigenvalue weighted by molar-refractivity contribution is -0.384. The van der Waals surface area contributed by atoms with Gasteiger partial charge in [-0.1, -0.05) is 0 Å². The zero-order chi connectivity index (χ0) is 20.3. The van der Waals surface area contributed by atoms with Gasteiger partial charge in [0, 0.05) is 17.8 Å². The minimum Gasteiger partial charge on any atom is -0.465 e. The predicted octanol–water partition coefficient (Wildman–Crippen LogP) is 2.75. The number of rotatable bonds is 6. The van der Waals surface area contributed by atoms with Gasteiger partial charge in [-0.3, -0.25) is 14.9 Å². The molecule has 9 heteroatoms. The number of methoxy groups -OCH3 is 1. The molecule has 1 unspecified atom stereocenters. The Labute approximate surface area is 154 Å². The number of nitrogens with zero attached hydrogens (tertiary/aromatic N) is 1. The van der Waals surface area contributed by atoms with Crippen molar-refractivity contribution < 1.29 is 28.8 Å². The summed E-state index contributed by atoms with van der Waals surface area (Å²) in [4.78, 5) is 49.5. The number of ether oxygens (including phenoxy) is 2. The molecular weight excluding hydrogens is 356 g/mol. The van der Waals surface area contributed by atoms with Gasteiger partial charge in [-0.25, -0.2) is 9.59 Å². The van der Waals surface area contributed by atoms with E-state index in [1.807, 2.05) is 0 Å². The smallest absolute Gasteiger partial charge is 0.339 e. The topological polar surface area (TPSA) is 129 Å². The van der Waals surface area contributed by atoms with Crippen LogP contribution in [-0.2, 0) is 9.47 Å². The quantitative estimate of drug-likeness (QED) is 0.356. The van der Waals surface area contributed by atoms with Crippen LogP contribution in [0.5, 0.6) is 0 Å². The minimum absolute atomic E-state index is 0.0786. The first kappa shape index (κ1) is 19.8. The van der Waals surface area contributed by atoms with Crippen molar-refractivity contribution in [2.45, 2.75) is 26.9 Å². The lowest BCUT2D eigenvalue weighted by atomic mass is 10.1. The number of carbonyl (C=O) groups excluding carboxylic acids is 3. The van der Waals surface area contributed by atoms with Gasteiger partial charge in [-0.05, 0) is 38.5 Å². The van der Waals surface area contributed by atoms with Crippen LogP contribution in [-0.4, -0.2) is 40.8 Å². The molecule has 27 heavy (non-hydrogen) atoms. The molecule has 0 spiro atoms. The van der Waals surface area contributed by atoms with Gasteiger partial charge in [0.2, 0.25) is 5.78 Å². The van der Waals surface area contributed by atoms with E-state index in [2.05, 4.69) is 4.98 Å². The molecular formula is C18H18N2O7. The van der Waals surface area contributed by atoms with Gasteiger partial charge in [-0.2, -0.15) is 0 Å². The highest BCUT2D eigenvalue weighted by molar-refractivity contribution is 6.04. The molecule has 0 aliphatic carbocycles. The highest BCUT2D eigenvalue weighted by Gasteiger charge is 2.27. The zero-order valence-electron chi connectivity index (χ0n) is 15.2. The summed E-state index contributed by atoms with van der Waals surface area (Å²) in [5, 5.41) is 10.6. The Morgan fingerprint density at radius 3 is 2.22 bits per heavy atom. The third-order valence-electron chi connectivity index (χ3n) is 4.04. The van der Waals surface area contributed by atoms with Crippen molar-refractivity contribution in [3.8, 4) is 0 Å². The number of aromatic amines is 1. The Bertz CT molecular complexity index is 913. The molecule has 9 nitrogen and oxygen atoms in total. The number of esters is 2. The molecule has 1 N–H and O–H groups in total. The average molecular weight is 374 g/mol.